The summed E-state index contributed by atoms with van der Waals surface area (Å²) in [5.74, 6) is 0.809. The van der Waals surface area contributed by atoms with Crippen molar-refractivity contribution in [3.05, 3.63) is 24.8 Å². The first-order valence-electron chi connectivity index (χ1n) is 9.30. The maximum atomic E-state index is 13.2. The lowest BCUT2D eigenvalue weighted by atomic mass is 9.96. The SMILES string of the molecule is CS(=O)Nc1nn(C(CC#N)C2CCCC2)cc1-c1ncnc2c1ccn2SF. The molecule has 1 aliphatic carbocycles. The van der Waals surface area contributed by atoms with E-state index < -0.39 is 11.0 Å². The lowest BCUT2D eigenvalue weighted by Gasteiger charge is -2.21. The summed E-state index contributed by atoms with van der Waals surface area (Å²) in [6.45, 7) is 0. The Morgan fingerprint density at radius 3 is 2.93 bits per heavy atom. The summed E-state index contributed by atoms with van der Waals surface area (Å²) in [5, 5.41) is 14.7. The van der Waals surface area contributed by atoms with Gasteiger partial charge in [0.25, 0.3) is 0 Å². The van der Waals surface area contributed by atoms with Crippen molar-refractivity contribution in [1.29, 1.82) is 5.26 Å². The second-order valence-electron chi connectivity index (χ2n) is 7.07. The molecule has 3 heterocycles. The van der Waals surface area contributed by atoms with Crippen LogP contribution in [-0.2, 0) is 11.0 Å². The number of nitrogens with one attached hydrogen (secondary N) is 1. The molecule has 1 N–H and O–H groups in total. The second kappa shape index (κ2) is 8.51. The van der Waals surface area contributed by atoms with E-state index in [1.54, 1.807) is 16.9 Å². The molecule has 2 unspecified atom stereocenters. The van der Waals surface area contributed by atoms with Crippen LogP contribution in [0.25, 0.3) is 22.3 Å². The fourth-order valence-corrected chi connectivity index (χ4v) is 4.80. The quantitative estimate of drug-likeness (QED) is 0.604. The van der Waals surface area contributed by atoms with Gasteiger partial charge >= 0.3 is 0 Å². The summed E-state index contributed by atoms with van der Waals surface area (Å²) in [4.78, 5) is 8.56. The highest BCUT2D eigenvalue weighted by atomic mass is 32.2. The topological polar surface area (TPSA) is 101 Å². The molecule has 3 aromatic rings. The smallest absolute Gasteiger partial charge is 0.171 e. The Morgan fingerprint density at radius 2 is 2.24 bits per heavy atom. The Balaban J connectivity index is 1.83. The Bertz CT molecular complexity index is 1080. The van der Waals surface area contributed by atoms with Crippen molar-refractivity contribution in [3.63, 3.8) is 0 Å². The van der Waals surface area contributed by atoms with Gasteiger partial charge in [-0.2, -0.15) is 10.4 Å². The average molecular weight is 434 g/mol. The fraction of sp³-hybridized carbons (Fsp3) is 0.444. The van der Waals surface area contributed by atoms with Crippen LogP contribution in [0.15, 0.2) is 24.8 Å². The molecule has 0 saturated heterocycles. The minimum absolute atomic E-state index is 0.0505. The zero-order valence-corrected chi connectivity index (χ0v) is 17.4. The van der Waals surface area contributed by atoms with Gasteiger partial charge in [0.1, 0.15) is 17.3 Å². The average Bonchev–Trinajstić information content (AvgIpc) is 3.45. The van der Waals surface area contributed by atoms with E-state index in [-0.39, 0.29) is 18.4 Å². The summed E-state index contributed by atoms with van der Waals surface area (Å²) < 4.78 is 31.0. The minimum atomic E-state index is -1.34. The van der Waals surface area contributed by atoms with Crippen molar-refractivity contribution in [2.75, 3.05) is 11.0 Å². The molecule has 11 heteroatoms. The first-order valence-corrected chi connectivity index (χ1v) is 11.5. The standard InChI is InChI=1S/C18H20FN7OS2/c1-29(27)24-17-14(16-13-7-9-26(28-19)18(13)22-11-21-16)10-25(23-17)15(6-8-20)12-4-2-3-5-12/h7,9-12,15H,2-6H2,1H3,(H,23,24). The molecule has 29 heavy (non-hydrogen) atoms. The molecular weight excluding hydrogens is 413 g/mol. The van der Waals surface area contributed by atoms with Crippen molar-refractivity contribution in [2.45, 2.75) is 38.1 Å². The van der Waals surface area contributed by atoms with E-state index >= 15 is 0 Å². The van der Waals surface area contributed by atoms with E-state index in [4.69, 9.17) is 0 Å². The number of halogens is 1. The maximum Gasteiger partial charge on any atom is 0.171 e. The summed E-state index contributed by atoms with van der Waals surface area (Å²) in [6.07, 6.45) is 11.1. The molecule has 1 aliphatic rings. The zero-order valence-electron chi connectivity index (χ0n) is 15.8. The Labute approximate surface area is 174 Å². The number of hydrogen-bond acceptors (Lipinski definition) is 6. The van der Waals surface area contributed by atoms with Crippen LogP contribution in [0.2, 0.25) is 0 Å². The van der Waals surface area contributed by atoms with Gasteiger partial charge in [0, 0.05) is 24.0 Å². The number of nitriles is 1. The van der Waals surface area contributed by atoms with Crippen LogP contribution in [0.1, 0.15) is 38.1 Å². The van der Waals surface area contributed by atoms with Crippen molar-refractivity contribution in [3.8, 4) is 17.3 Å². The highest BCUT2D eigenvalue weighted by Gasteiger charge is 2.29. The molecule has 0 bridgehead atoms. The van der Waals surface area contributed by atoms with Crippen LogP contribution in [-0.4, -0.2) is 34.2 Å². The molecule has 3 aromatic heterocycles. The minimum Gasteiger partial charge on any atom is -0.288 e. The third-order valence-corrected chi connectivity index (χ3v) is 6.26. The van der Waals surface area contributed by atoms with Gasteiger partial charge in [-0.05, 0) is 24.8 Å². The lowest BCUT2D eigenvalue weighted by Crippen LogP contribution is -2.18. The van der Waals surface area contributed by atoms with Crippen LogP contribution in [0.5, 0.6) is 0 Å². The Morgan fingerprint density at radius 1 is 1.45 bits per heavy atom. The molecule has 1 saturated carbocycles. The number of anilines is 1. The van der Waals surface area contributed by atoms with Gasteiger partial charge < -0.3 is 0 Å². The zero-order chi connectivity index (χ0) is 20.4. The highest BCUT2D eigenvalue weighted by Crippen LogP contribution is 2.39. The predicted molar refractivity (Wildman–Crippen MR) is 112 cm³/mol. The third-order valence-electron chi connectivity index (χ3n) is 5.33. The summed E-state index contributed by atoms with van der Waals surface area (Å²) in [5.41, 5.74) is 1.67. The third kappa shape index (κ3) is 3.86. The molecule has 1 fully saturated rings. The number of fused-ring (bicyclic) bond motifs is 1. The molecule has 0 spiro atoms. The highest BCUT2D eigenvalue weighted by molar-refractivity contribution is 7.92. The van der Waals surface area contributed by atoms with Crippen molar-refractivity contribution >= 4 is 40.2 Å². The molecule has 4 rings (SSSR count). The predicted octanol–water partition coefficient (Wildman–Crippen LogP) is 4.03. The molecule has 0 amide bonds. The van der Waals surface area contributed by atoms with Gasteiger partial charge in [0.05, 0.1) is 29.8 Å². The van der Waals surface area contributed by atoms with Gasteiger partial charge in [0.2, 0.25) is 0 Å². The largest absolute Gasteiger partial charge is 0.288 e. The van der Waals surface area contributed by atoms with E-state index in [2.05, 4.69) is 25.9 Å². The molecule has 152 valence electrons. The molecule has 2 atom stereocenters. The molecular formula is C18H20FN7OS2. The van der Waals surface area contributed by atoms with Crippen LogP contribution in [0.4, 0.5) is 9.70 Å². The van der Waals surface area contributed by atoms with E-state index in [1.807, 2.05) is 6.20 Å². The van der Waals surface area contributed by atoms with Crippen LogP contribution in [0.3, 0.4) is 0 Å². The van der Waals surface area contributed by atoms with Gasteiger partial charge in [-0.15, -0.1) is 3.89 Å². The number of nitrogens with zero attached hydrogens (tertiary/aromatic N) is 6. The number of aromatic nitrogens is 5. The number of hydrogen-bond donors (Lipinski definition) is 1. The van der Waals surface area contributed by atoms with E-state index in [0.29, 0.717) is 40.4 Å². The van der Waals surface area contributed by atoms with Gasteiger partial charge in [-0.1, -0.05) is 12.8 Å². The van der Waals surface area contributed by atoms with Crippen LogP contribution in [0, 0.1) is 17.2 Å². The van der Waals surface area contributed by atoms with Crippen molar-refractivity contribution < 1.29 is 8.09 Å². The van der Waals surface area contributed by atoms with Gasteiger partial charge in [-0.3, -0.25) is 9.40 Å². The Hall–Kier alpha value is -2.45. The monoisotopic (exact) mass is 433 g/mol. The lowest BCUT2D eigenvalue weighted by molar-refractivity contribution is 0.315. The first kappa shape index (κ1) is 19.8. The van der Waals surface area contributed by atoms with E-state index in [0.717, 1.165) is 25.7 Å². The fourth-order valence-electron chi connectivity index (χ4n) is 4.06. The van der Waals surface area contributed by atoms with Gasteiger partial charge in [0.15, 0.2) is 23.8 Å². The molecule has 0 radical (unpaired) electrons. The normalized spacial score (nSPS) is 16.7. The van der Waals surface area contributed by atoms with Crippen LogP contribution >= 0.6 is 12.3 Å². The van der Waals surface area contributed by atoms with Crippen molar-refractivity contribution in [2.24, 2.45) is 5.92 Å². The first-order chi connectivity index (χ1) is 14.1. The van der Waals surface area contributed by atoms with Gasteiger partial charge in [-0.25, -0.2) is 18.1 Å². The molecule has 0 aliphatic heterocycles. The molecule has 8 nitrogen and oxygen atoms in total. The maximum absolute atomic E-state index is 13.2. The summed E-state index contributed by atoms with van der Waals surface area (Å²) in [7, 11) is -1.34. The summed E-state index contributed by atoms with van der Waals surface area (Å²) in [6, 6.07) is 3.97. The van der Waals surface area contributed by atoms with E-state index in [9.17, 15) is 13.4 Å². The second-order valence-corrected chi connectivity index (χ2v) is 8.72. The summed E-state index contributed by atoms with van der Waals surface area (Å²) >= 11 is 0.0625. The molecule has 0 aromatic carbocycles. The van der Waals surface area contributed by atoms with Crippen molar-refractivity contribution in [1.82, 2.24) is 23.7 Å². The Kier molecular flexibility index (Phi) is 5.82. The van der Waals surface area contributed by atoms with Crippen LogP contribution < -0.4 is 4.72 Å². The number of rotatable bonds is 7. The van der Waals surface area contributed by atoms with E-state index in [1.165, 1.54) is 16.6 Å².